The lowest BCUT2D eigenvalue weighted by Gasteiger charge is -2.29. The molecule has 0 radical (unpaired) electrons. The molecule has 0 spiro atoms. The molecule has 1 unspecified atom stereocenters. The summed E-state index contributed by atoms with van der Waals surface area (Å²) < 4.78 is 29.3. The van der Waals surface area contributed by atoms with Gasteiger partial charge in [0.15, 0.2) is 5.82 Å². The number of alkyl halides is 1. The molecule has 6 nitrogen and oxygen atoms in total. The van der Waals surface area contributed by atoms with Crippen molar-refractivity contribution in [2.24, 2.45) is 0 Å². The average Bonchev–Trinajstić information content (AvgIpc) is 2.92. The van der Waals surface area contributed by atoms with Crippen LogP contribution in [0.25, 0.3) is 15.9 Å². The van der Waals surface area contributed by atoms with Crippen molar-refractivity contribution in [2.75, 3.05) is 12.0 Å². The van der Waals surface area contributed by atoms with E-state index in [9.17, 15) is 18.7 Å². The summed E-state index contributed by atoms with van der Waals surface area (Å²) in [5.41, 5.74) is -1.29. The monoisotopic (exact) mass is 362 g/mol. The van der Waals surface area contributed by atoms with Gasteiger partial charge in [-0.2, -0.15) is 0 Å². The van der Waals surface area contributed by atoms with Crippen molar-refractivity contribution >= 4 is 28.6 Å². The Morgan fingerprint density at radius 2 is 2.27 bits per heavy atom. The molecule has 1 saturated carbocycles. The number of benzene rings is 1. The van der Waals surface area contributed by atoms with Crippen LogP contribution in [0.15, 0.2) is 12.1 Å². The molecule has 1 aromatic heterocycles. The summed E-state index contributed by atoms with van der Waals surface area (Å²) in [6.07, 6.45) is 2.31. The van der Waals surface area contributed by atoms with Crippen LogP contribution in [-0.4, -0.2) is 32.8 Å². The van der Waals surface area contributed by atoms with Gasteiger partial charge in [0.25, 0.3) is 0 Å². The molecule has 0 bridgehead atoms. The number of aliphatic hydroxyl groups is 1. The van der Waals surface area contributed by atoms with E-state index in [0.29, 0.717) is 5.52 Å². The molecule has 2 aromatic rings. The van der Waals surface area contributed by atoms with Crippen LogP contribution in [-0.2, 0) is 4.79 Å². The van der Waals surface area contributed by atoms with Gasteiger partial charge in [0, 0.05) is 6.04 Å². The zero-order valence-electron chi connectivity index (χ0n) is 14.4. The van der Waals surface area contributed by atoms with Crippen LogP contribution < -0.4 is 5.32 Å². The van der Waals surface area contributed by atoms with E-state index in [0.717, 1.165) is 19.3 Å². The van der Waals surface area contributed by atoms with Crippen molar-refractivity contribution in [3.8, 4) is 0 Å². The van der Waals surface area contributed by atoms with Crippen LogP contribution >= 0.6 is 0 Å². The maximum absolute atomic E-state index is 14.7. The smallest absolute Gasteiger partial charge is 0.229 e. The number of imidazole rings is 1. The summed E-state index contributed by atoms with van der Waals surface area (Å²) in [5, 5.41) is 12.6. The Kier molecular flexibility index (Phi) is 4.92. The molecule has 1 aliphatic rings. The number of anilines is 1. The second-order valence-electron chi connectivity index (χ2n) is 6.70. The molecule has 2 N–H and O–H groups in total. The lowest BCUT2D eigenvalue weighted by molar-refractivity contribution is -0.122. The lowest BCUT2D eigenvalue weighted by atomic mass is 9.92. The van der Waals surface area contributed by atoms with Crippen LogP contribution in [0.2, 0.25) is 0 Å². The van der Waals surface area contributed by atoms with E-state index in [2.05, 4.69) is 15.1 Å². The molecule has 3 rings (SSSR count). The minimum atomic E-state index is -1.72. The summed E-state index contributed by atoms with van der Waals surface area (Å²) in [6, 6.07) is 2.88. The van der Waals surface area contributed by atoms with Crippen LogP contribution in [0.4, 0.5) is 20.4 Å². The van der Waals surface area contributed by atoms with Gasteiger partial charge in [-0.25, -0.2) is 18.6 Å². The van der Waals surface area contributed by atoms with Gasteiger partial charge in [0.2, 0.25) is 17.5 Å². The van der Waals surface area contributed by atoms with E-state index in [-0.39, 0.29) is 29.6 Å². The molecular formula is C18H20F2N4O2. The topological polar surface area (TPSA) is 71.5 Å². The highest BCUT2D eigenvalue weighted by Gasteiger charge is 2.31. The molecule has 1 aromatic carbocycles. The Morgan fingerprint density at radius 1 is 1.54 bits per heavy atom. The Balaban J connectivity index is 1.99. The Labute approximate surface area is 149 Å². The van der Waals surface area contributed by atoms with Gasteiger partial charge in [-0.1, -0.05) is 13.0 Å². The fourth-order valence-electron chi connectivity index (χ4n) is 3.05. The average molecular weight is 362 g/mol. The first-order valence-electron chi connectivity index (χ1n) is 8.58. The third-order valence-electron chi connectivity index (χ3n) is 4.98. The number of amides is 1. The number of hydrogen-bond acceptors (Lipinski definition) is 3. The van der Waals surface area contributed by atoms with Crippen LogP contribution in [0.1, 0.15) is 45.1 Å². The minimum Gasteiger partial charge on any atom is -0.387 e. The maximum atomic E-state index is 14.7. The lowest BCUT2D eigenvalue weighted by Crippen LogP contribution is -2.36. The summed E-state index contributed by atoms with van der Waals surface area (Å²) in [5.74, 6) is -1.09. The van der Waals surface area contributed by atoms with Crippen molar-refractivity contribution in [1.82, 2.24) is 9.55 Å². The van der Waals surface area contributed by atoms with E-state index in [1.807, 2.05) is 0 Å². The molecule has 0 aliphatic heterocycles. The van der Waals surface area contributed by atoms with Gasteiger partial charge < -0.3 is 9.67 Å². The highest BCUT2D eigenvalue weighted by Crippen LogP contribution is 2.39. The number of halogens is 2. The van der Waals surface area contributed by atoms with Crippen LogP contribution in [0, 0.1) is 12.4 Å². The van der Waals surface area contributed by atoms with Crippen molar-refractivity contribution in [2.45, 2.75) is 50.7 Å². The molecule has 138 valence electrons. The zero-order valence-corrected chi connectivity index (χ0v) is 14.4. The highest BCUT2D eigenvalue weighted by atomic mass is 19.1. The Morgan fingerprint density at radius 3 is 2.81 bits per heavy atom. The molecule has 1 amide bonds. The van der Waals surface area contributed by atoms with Gasteiger partial charge in [-0.3, -0.25) is 10.1 Å². The number of nitrogens with zero attached hydrogens (tertiary/aromatic N) is 3. The second-order valence-corrected chi connectivity index (χ2v) is 6.70. The van der Waals surface area contributed by atoms with Crippen LogP contribution in [0.5, 0.6) is 0 Å². The van der Waals surface area contributed by atoms with Crippen LogP contribution in [0.3, 0.4) is 0 Å². The number of carbonyl (C=O) groups is 1. The molecular weight excluding hydrogens is 342 g/mol. The van der Waals surface area contributed by atoms with Gasteiger partial charge in [-0.05, 0) is 31.7 Å². The third kappa shape index (κ3) is 3.15. The third-order valence-corrected chi connectivity index (χ3v) is 4.98. The normalized spacial score (nSPS) is 16.7. The molecule has 26 heavy (non-hydrogen) atoms. The Hall–Kier alpha value is -2.53. The fourth-order valence-corrected chi connectivity index (χ4v) is 3.05. The van der Waals surface area contributed by atoms with Gasteiger partial charge in [-0.15, -0.1) is 0 Å². The first-order valence-corrected chi connectivity index (χ1v) is 8.58. The summed E-state index contributed by atoms with van der Waals surface area (Å²) >= 11 is 0. The summed E-state index contributed by atoms with van der Waals surface area (Å²) in [7, 11) is 0. The largest absolute Gasteiger partial charge is 0.387 e. The predicted octanol–water partition coefficient (Wildman–Crippen LogP) is 3.89. The van der Waals surface area contributed by atoms with E-state index in [1.165, 1.54) is 6.07 Å². The minimum absolute atomic E-state index is 0.0167. The first-order chi connectivity index (χ1) is 12.4. The molecule has 1 fully saturated rings. The summed E-state index contributed by atoms with van der Waals surface area (Å²) in [6.45, 7) is 7.65. The fraction of sp³-hybridized carbons (Fsp3) is 0.500. The second kappa shape index (κ2) is 7.00. The first kappa shape index (κ1) is 18.3. The van der Waals surface area contributed by atoms with Crippen molar-refractivity contribution in [3.05, 3.63) is 29.4 Å². The van der Waals surface area contributed by atoms with Crippen molar-refractivity contribution in [1.29, 1.82) is 0 Å². The molecule has 0 saturated heterocycles. The number of fused-ring (bicyclic) bond motifs is 1. The zero-order chi connectivity index (χ0) is 18.9. The molecule has 8 heteroatoms. The predicted molar refractivity (Wildman–Crippen MR) is 93.3 cm³/mol. The Bertz CT molecular complexity index is 879. The quantitative estimate of drug-likeness (QED) is 0.766. The number of nitrogens with one attached hydrogen (secondary N) is 1. The number of rotatable bonds is 6. The van der Waals surface area contributed by atoms with E-state index >= 15 is 0 Å². The molecule has 1 atom stereocenters. The van der Waals surface area contributed by atoms with Crippen molar-refractivity contribution in [3.63, 3.8) is 0 Å². The van der Waals surface area contributed by atoms with Gasteiger partial charge >= 0.3 is 0 Å². The van der Waals surface area contributed by atoms with Gasteiger partial charge in [0.1, 0.15) is 12.3 Å². The highest BCUT2D eigenvalue weighted by molar-refractivity contribution is 5.93. The maximum Gasteiger partial charge on any atom is 0.229 e. The van der Waals surface area contributed by atoms with E-state index < -0.39 is 30.4 Å². The SMILES string of the molecule is [C-]#[N+]c1ccc2nc(NC(=O)CC(O)(CC)CF)n(C3CCC3)c2c1F. The number of carbonyl (C=O) groups excluding carboxylic acids is 1. The number of hydrogen-bond donors (Lipinski definition) is 2. The number of aromatic nitrogens is 2. The molecule has 1 heterocycles. The standard InChI is InChI=1S/C18H20F2N4O2/c1-3-18(26,10-19)9-14(25)23-17-22-13-8-7-12(21-2)15(20)16(13)24(17)11-5-4-6-11/h7-8,11,26H,3-6,9-10H2,1H3,(H,22,23,25). The van der Waals surface area contributed by atoms with E-state index in [4.69, 9.17) is 6.57 Å². The summed E-state index contributed by atoms with van der Waals surface area (Å²) in [4.78, 5) is 19.7. The van der Waals surface area contributed by atoms with Gasteiger partial charge in [0.05, 0.1) is 24.0 Å². The molecule has 1 aliphatic carbocycles. The van der Waals surface area contributed by atoms with E-state index in [1.54, 1.807) is 17.6 Å². The van der Waals surface area contributed by atoms with Crippen molar-refractivity contribution < 1.29 is 18.7 Å².